The number of nitrogens with one attached hydrogen (secondary N) is 2. The molecule has 148 valence electrons. The van der Waals surface area contributed by atoms with Gasteiger partial charge in [-0.3, -0.25) is 4.68 Å². The zero-order valence-corrected chi connectivity index (χ0v) is 17.7. The molecule has 0 radical (unpaired) electrons. The van der Waals surface area contributed by atoms with E-state index in [1.807, 2.05) is 43.8 Å². The van der Waals surface area contributed by atoms with Crippen LogP contribution in [0.3, 0.4) is 0 Å². The Morgan fingerprint density at radius 1 is 1.26 bits per heavy atom. The number of halogens is 1. The fourth-order valence-electron chi connectivity index (χ4n) is 2.78. The predicted molar refractivity (Wildman–Crippen MR) is 112 cm³/mol. The van der Waals surface area contributed by atoms with Crippen molar-refractivity contribution in [3.05, 3.63) is 45.7 Å². The zero-order chi connectivity index (χ0) is 19.8. The molecule has 0 aliphatic carbocycles. The molecule has 1 aromatic carbocycles. The summed E-state index contributed by atoms with van der Waals surface area (Å²) < 4.78 is 7.73. The normalized spacial score (nSPS) is 11.6. The Labute approximate surface area is 167 Å². The molecule has 0 amide bonds. The van der Waals surface area contributed by atoms with Crippen LogP contribution >= 0.6 is 11.6 Å². The first-order valence-electron chi connectivity index (χ1n) is 9.32. The standard InChI is InChI=1S/C20H30ClN5O/c1-6-22-20(24-13-18-15(3)25-26(5)16(18)4)23-10-7-11-27-19-9-8-17(21)12-14(19)2/h8-9,12H,6-7,10-11,13H2,1-5H3,(H2,22,23,24). The van der Waals surface area contributed by atoms with Crippen LogP contribution < -0.4 is 15.4 Å². The monoisotopic (exact) mass is 391 g/mol. The van der Waals surface area contributed by atoms with E-state index in [2.05, 4.69) is 34.6 Å². The van der Waals surface area contributed by atoms with E-state index in [-0.39, 0.29) is 0 Å². The minimum absolute atomic E-state index is 0.612. The summed E-state index contributed by atoms with van der Waals surface area (Å²) in [5, 5.41) is 11.8. The number of nitrogens with zero attached hydrogens (tertiary/aromatic N) is 3. The molecule has 6 nitrogen and oxygen atoms in total. The highest BCUT2D eigenvalue weighted by Gasteiger charge is 2.09. The largest absolute Gasteiger partial charge is 0.493 e. The predicted octanol–water partition coefficient (Wildman–Crippen LogP) is 3.52. The zero-order valence-electron chi connectivity index (χ0n) is 16.9. The molecular formula is C20H30ClN5O. The summed E-state index contributed by atoms with van der Waals surface area (Å²) in [5.41, 5.74) is 4.41. The second-order valence-electron chi connectivity index (χ2n) is 6.51. The molecule has 27 heavy (non-hydrogen) atoms. The van der Waals surface area contributed by atoms with E-state index in [9.17, 15) is 0 Å². The Bertz CT molecular complexity index is 785. The van der Waals surface area contributed by atoms with E-state index >= 15 is 0 Å². The molecular weight excluding hydrogens is 362 g/mol. The van der Waals surface area contributed by atoms with Crippen molar-refractivity contribution in [3.8, 4) is 5.75 Å². The average Bonchev–Trinajstić information content (AvgIpc) is 2.86. The molecule has 0 aliphatic heterocycles. The lowest BCUT2D eigenvalue weighted by Gasteiger charge is -2.12. The van der Waals surface area contributed by atoms with E-state index in [0.29, 0.717) is 13.2 Å². The van der Waals surface area contributed by atoms with E-state index in [1.165, 1.54) is 5.56 Å². The first-order chi connectivity index (χ1) is 12.9. The Balaban J connectivity index is 1.81. The van der Waals surface area contributed by atoms with Gasteiger partial charge in [0.15, 0.2) is 5.96 Å². The van der Waals surface area contributed by atoms with E-state index in [0.717, 1.165) is 53.2 Å². The lowest BCUT2D eigenvalue weighted by molar-refractivity contribution is 0.309. The summed E-state index contributed by atoms with van der Waals surface area (Å²) >= 11 is 5.97. The number of aryl methyl sites for hydroxylation is 3. The number of guanidine groups is 1. The van der Waals surface area contributed by atoms with Crippen LogP contribution in [0.2, 0.25) is 5.02 Å². The van der Waals surface area contributed by atoms with Gasteiger partial charge in [-0.05, 0) is 57.9 Å². The highest BCUT2D eigenvalue weighted by molar-refractivity contribution is 6.30. The molecule has 0 fully saturated rings. The van der Waals surface area contributed by atoms with Gasteiger partial charge in [0.05, 0.1) is 18.8 Å². The summed E-state index contributed by atoms with van der Waals surface area (Å²) in [6.07, 6.45) is 0.872. The van der Waals surface area contributed by atoms with Gasteiger partial charge in [-0.25, -0.2) is 4.99 Å². The third kappa shape index (κ3) is 6.17. The fraction of sp³-hybridized carbons (Fsp3) is 0.500. The summed E-state index contributed by atoms with van der Waals surface area (Å²) in [7, 11) is 1.96. The van der Waals surface area contributed by atoms with Gasteiger partial charge in [0.2, 0.25) is 0 Å². The first-order valence-corrected chi connectivity index (χ1v) is 9.70. The molecule has 0 atom stereocenters. The van der Waals surface area contributed by atoms with Crippen molar-refractivity contribution in [1.29, 1.82) is 0 Å². The molecule has 0 spiro atoms. The van der Waals surface area contributed by atoms with Gasteiger partial charge >= 0.3 is 0 Å². The number of aromatic nitrogens is 2. The van der Waals surface area contributed by atoms with Crippen LogP contribution in [0.15, 0.2) is 23.2 Å². The van der Waals surface area contributed by atoms with Crippen molar-refractivity contribution in [2.75, 3.05) is 19.7 Å². The number of rotatable bonds is 8. The van der Waals surface area contributed by atoms with Crippen LogP contribution in [-0.4, -0.2) is 35.4 Å². The number of hydrogen-bond acceptors (Lipinski definition) is 3. The Morgan fingerprint density at radius 3 is 2.67 bits per heavy atom. The van der Waals surface area contributed by atoms with Gasteiger partial charge in [0, 0.05) is 36.4 Å². The Kier molecular flexibility index (Phi) is 7.98. The molecule has 1 aromatic heterocycles. The van der Waals surface area contributed by atoms with Gasteiger partial charge in [0.25, 0.3) is 0 Å². The van der Waals surface area contributed by atoms with Crippen LogP contribution in [0.1, 0.15) is 35.9 Å². The Hall–Kier alpha value is -2.21. The summed E-state index contributed by atoms with van der Waals surface area (Å²) in [6, 6.07) is 5.67. The Morgan fingerprint density at radius 2 is 2.04 bits per heavy atom. The van der Waals surface area contributed by atoms with Gasteiger partial charge in [-0.1, -0.05) is 11.6 Å². The van der Waals surface area contributed by atoms with Crippen molar-refractivity contribution < 1.29 is 4.74 Å². The number of benzene rings is 1. The third-order valence-electron chi connectivity index (χ3n) is 4.41. The summed E-state index contributed by atoms with van der Waals surface area (Å²) in [5.74, 6) is 1.69. The number of hydrogen-bond donors (Lipinski definition) is 2. The molecule has 2 rings (SSSR count). The van der Waals surface area contributed by atoms with Crippen molar-refractivity contribution in [1.82, 2.24) is 20.4 Å². The molecule has 0 aliphatic rings. The van der Waals surface area contributed by atoms with Crippen molar-refractivity contribution in [2.24, 2.45) is 12.0 Å². The van der Waals surface area contributed by atoms with Gasteiger partial charge in [0.1, 0.15) is 5.75 Å². The van der Waals surface area contributed by atoms with Crippen LogP contribution in [0, 0.1) is 20.8 Å². The van der Waals surface area contributed by atoms with Gasteiger partial charge < -0.3 is 15.4 Å². The summed E-state index contributed by atoms with van der Waals surface area (Å²) in [6.45, 7) is 11.0. The maximum absolute atomic E-state index is 5.97. The fourth-order valence-corrected chi connectivity index (χ4v) is 3.01. The van der Waals surface area contributed by atoms with E-state index in [1.54, 1.807) is 0 Å². The maximum atomic E-state index is 5.97. The molecule has 0 bridgehead atoms. The third-order valence-corrected chi connectivity index (χ3v) is 4.64. The van der Waals surface area contributed by atoms with E-state index < -0.39 is 0 Å². The van der Waals surface area contributed by atoms with Crippen LogP contribution in [0.5, 0.6) is 5.75 Å². The van der Waals surface area contributed by atoms with Crippen LogP contribution in [0.4, 0.5) is 0 Å². The SMILES string of the molecule is CCNC(=NCc1c(C)nn(C)c1C)NCCCOc1ccc(Cl)cc1C. The lowest BCUT2D eigenvalue weighted by Crippen LogP contribution is -2.38. The van der Waals surface area contributed by atoms with Crippen LogP contribution in [0.25, 0.3) is 0 Å². The molecule has 0 saturated carbocycles. The topological polar surface area (TPSA) is 63.5 Å². The van der Waals surface area contributed by atoms with Crippen molar-refractivity contribution in [2.45, 2.75) is 40.7 Å². The minimum Gasteiger partial charge on any atom is -0.493 e. The highest BCUT2D eigenvalue weighted by Crippen LogP contribution is 2.21. The lowest BCUT2D eigenvalue weighted by atomic mass is 10.2. The molecule has 2 N–H and O–H groups in total. The quantitative estimate of drug-likeness (QED) is 0.410. The smallest absolute Gasteiger partial charge is 0.191 e. The second-order valence-corrected chi connectivity index (χ2v) is 6.94. The molecule has 7 heteroatoms. The molecule has 2 aromatic rings. The van der Waals surface area contributed by atoms with Gasteiger partial charge in [-0.15, -0.1) is 0 Å². The van der Waals surface area contributed by atoms with Crippen molar-refractivity contribution in [3.63, 3.8) is 0 Å². The molecule has 0 unspecified atom stereocenters. The first kappa shape index (κ1) is 21.1. The maximum Gasteiger partial charge on any atom is 0.191 e. The minimum atomic E-state index is 0.612. The van der Waals surface area contributed by atoms with Gasteiger partial charge in [-0.2, -0.15) is 5.10 Å². The molecule has 0 saturated heterocycles. The highest BCUT2D eigenvalue weighted by atomic mass is 35.5. The van der Waals surface area contributed by atoms with E-state index in [4.69, 9.17) is 16.3 Å². The summed E-state index contributed by atoms with van der Waals surface area (Å²) in [4.78, 5) is 4.68. The van der Waals surface area contributed by atoms with Crippen LogP contribution in [-0.2, 0) is 13.6 Å². The number of aliphatic imine (C=N–C) groups is 1. The second kappa shape index (κ2) is 10.2. The molecule has 1 heterocycles. The average molecular weight is 392 g/mol. The number of ether oxygens (including phenoxy) is 1. The van der Waals surface area contributed by atoms with Crippen molar-refractivity contribution >= 4 is 17.6 Å².